The van der Waals surface area contributed by atoms with Gasteiger partial charge in [-0.1, -0.05) is 46.6 Å². The average Bonchev–Trinajstić information content (AvgIpc) is 3.09. The van der Waals surface area contributed by atoms with E-state index >= 15 is 0 Å². The minimum atomic E-state index is -0.886. The Morgan fingerprint density at radius 1 is 1.27 bits per heavy atom. The third-order valence-electron chi connectivity index (χ3n) is 3.48. The van der Waals surface area contributed by atoms with E-state index in [1.54, 1.807) is 0 Å². The molecule has 3 rings (SSSR count). The molecule has 0 aliphatic heterocycles. The Morgan fingerprint density at radius 3 is 2.69 bits per heavy atom. The third-order valence-corrected chi connectivity index (χ3v) is 3.72. The number of aryl methyl sites for hydroxylation is 1. The summed E-state index contributed by atoms with van der Waals surface area (Å²) < 4.78 is 10.1. The van der Waals surface area contributed by atoms with Crippen molar-refractivity contribution in [2.75, 3.05) is 0 Å². The summed E-state index contributed by atoms with van der Waals surface area (Å²) in [5, 5.41) is 15.0. The third kappa shape index (κ3) is 3.86. The number of benzene rings is 2. The highest BCUT2D eigenvalue weighted by Crippen LogP contribution is 2.24. The largest absolute Gasteiger partial charge is 0.452 e. The minimum absolute atomic E-state index is 0.0746. The standard InChI is InChI=1S/C17H12ClN3O5/c1-10-2-4-11(5-3-10)16-19-15(26-20-16)9-25-17(22)13-7-6-12(18)8-14(13)21(23)24/h2-8H,9H2,1H3. The van der Waals surface area contributed by atoms with Crippen LogP contribution in [-0.2, 0) is 11.3 Å². The molecule has 1 aromatic heterocycles. The molecule has 0 fully saturated rings. The van der Waals surface area contributed by atoms with Gasteiger partial charge in [-0.2, -0.15) is 4.98 Å². The van der Waals surface area contributed by atoms with Gasteiger partial charge in [-0.3, -0.25) is 10.1 Å². The lowest BCUT2D eigenvalue weighted by molar-refractivity contribution is -0.385. The number of aromatic nitrogens is 2. The van der Waals surface area contributed by atoms with Crippen molar-refractivity contribution in [1.82, 2.24) is 10.1 Å². The fraction of sp³-hybridized carbons (Fsp3) is 0.118. The van der Waals surface area contributed by atoms with E-state index in [0.717, 1.165) is 17.2 Å². The van der Waals surface area contributed by atoms with Crippen molar-refractivity contribution in [2.45, 2.75) is 13.5 Å². The zero-order valence-electron chi connectivity index (χ0n) is 13.5. The maximum absolute atomic E-state index is 12.1. The number of hydrogen-bond acceptors (Lipinski definition) is 7. The Bertz CT molecular complexity index is 969. The van der Waals surface area contributed by atoms with E-state index in [9.17, 15) is 14.9 Å². The molecule has 0 saturated heterocycles. The number of ether oxygens (including phenoxy) is 1. The summed E-state index contributed by atoms with van der Waals surface area (Å²) >= 11 is 5.72. The van der Waals surface area contributed by atoms with Crippen LogP contribution in [0, 0.1) is 17.0 Å². The first kappa shape index (κ1) is 17.6. The van der Waals surface area contributed by atoms with Crippen LogP contribution in [0.3, 0.4) is 0 Å². The quantitative estimate of drug-likeness (QED) is 0.378. The number of nitrogens with zero attached hydrogens (tertiary/aromatic N) is 3. The molecule has 0 N–H and O–H groups in total. The van der Waals surface area contributed by atoms with Crippen LogP contribution in [-0.4, -0.2) is 21.0 Å². The first-order valence-electron chi connectivity index (χ1n) is 7.45. The molecule has 1 heterocycles. The second-order valence-electron chi connectivity index (χ2n) is 5.37. The Labute approximate surface area is 152 Å². The summed E-state index contributed by atoms with van der Waals surface area (Å²) in [4.78, 5) is 26.6. The zero-order chi connectivity index (χ0) is 18.7. The number of rotatable bonds is 5. The van der Waals surface area contributed by atoms with Gasteiger partial charge in [-0.05, 0) is 19.1 Å². The smallest absolute Gasteiger partial charge is 0.345 e. The molecule has 132 valence electrons. The predicted molar refractivity (Wildman–Crippen MR) is 91.7 cm³/mol. The van der Waals surface area contributed by atoms with E-state index in [0.29, 0.717) is 5.82 Å². The molecule has 0 unspecified atom stereocenters. The molecule has 8 nitrogen and oxygen atoms in total. The lowest BCUT2D eigenvalue weighted by Crippen LogP contribution is -2.08. The van der Waals surface area contributed by atoms with E-state index in [2.05, 4.69) is 10.1 Å². The topological polar surface area (TPSA) is 108 Å². The first-order chi connectivity index (χ1) is 12.4. The van der Waals surface area contributed by atoms with Gasteiger partial charge in [0.15, 0.2) is 6.61 Å². The number of carbonyl (C=O) groups is 1. The van der Waals surface area contributed by atoms with Crippen LogP contribution in [0.4, 0.5) is 5.69 Å². The maximum Gasteiger partial charge on any atom is 0.345 e. The Hall–Kier alpha value is -3.26. The molecular formula is C17H12ClN3O5. The van der Waals surface area contributed by atoms with Gasteiger partial charge in [-0.15, -0.1) is 0 Å². The molecule has 9 heteroatoms. The lowest BCUT2D eigenvalue weighted by atomic mass is 10.1. The van der Waals surface area contributed by atoms with Crippen molar-refractivity contribution in [2.24, 2.45) is 0 Å². The van der Waals surface area contributed by atoms with Gasteiger partial charge < -0.3 is 9.26 Å². The fourth-order valence-electron chi connectivity index (χ4n) is 2.17. The van der Waals surface area contributed by atoms with Gasteiger partial charge in [-0.25, -0.2) is 4.79 Å². The van der Waals surface area contributed by atoms with Crippen LogP contribution < -0.4 is 0 Å². The van der Waals surface area contributed by atoms with Crippen LogP contribution in [0.5, 0.6) is 0 Å². The predicted octanol–water partition coefficient (Wildman–Crippen LogP) is 3.96. The average molecular weight is 374 g/mol. The van der Waals surface area contributed by atoms with E-state index < -0.39 is 16.6 Å². The van der Waals surface area contributed by atoms with Crippen molar-refractivity contribution in [3.05, 3.63) is 74.6 Å². The summed E-state index contributed by atoms with van der Waals surface area (Å²) in [5.74, 6) is -0.456. The minimum Gasteiger partial charge on any atom is -0.452 e. The Morgan fingerprint density at radius 2 is 2.00 bits per heavy atom. The second-order valence-corrected chi connectivity index (χ2v) is 5.81. The van der Waals surface area contributed by atoms with Gasteiger partial charge in [0, 0.05) is 16.7 Å². The summed E-state index contributed by atoms with van der Waals surface area (Å²) in [6.45, 7) is 1.65. The normalized spacial score (nSPS) is 10.5. The van der Waals surface area contributed by atoms with E-state index in [1.165, 1.54) is 12.1 Å². The van der Waals surface area contributed by atoms with Crippen LogP contribution >= 0.6 is 11.6 Å². The number of carbonyl (C=O) groups excluding carboxylic acids is 1. The Kier molecular flexibility index (Phi) is 4.94. The molecule has 2 aromatic carbocycles. The highest BCUT2D eigenvalue weighted by Gasteiger charge is 2.22. The highest BCUT2D eigenvalue weighted by molar-refractivity contribution is 6.31. The molecule has 26 heavy (non-hydrogen) atoms. The summed E-state index contributed by atoms with van der Waals surface area (Å²) in [7, 11) is 0. The second kappa shape index (κ2) is 7.32. The summed E-state index contributed by atoms with van der Waals surface area (Å²) in [6, 6.07) is 11.2. The molecule has 0 spiro atoms. The van der Waals surface area contributed by atoms with Crippen LogP contribution in [0.25, 0.3) is 11.4 Å². The number of hydrogen-bond donors (Lipinski definition) is 0. The number of halogens is 1. The van der Waals surface area contributed by atoms with Gasteiger partial charge in [0.1, 0.15) is 5.56 Å². The molecule has 3 aromatic rings. The monoisotopic (exact) mass is 373 g/mol. The van der Waals surface area contributed by atoms with E-state index in [4.69, 9.17) is 20.9 Å². The molecule has 0 aliphatic carbocycles. The lowest BCUT2D eigenvalue weighted by Gasteiger charge is -2.03. The van der Waals surface area contributed by atoms with E-state index in [-0.39, 0.29) is 23.1 Å². The van der Waals surface area contributed by atoms with Crippen molar-refractivity contribution < 1.29 is 19.0 Å². The van der Waals surface area contributed by atoms with Gasteiger partial charge in [0.2, 0.25) is 5.82 Å². The number of esters is 1. The zero-order valence-corrected chi connectivity index (χ0v) is 14.3. The SMILES string of the molecule is Cc1ccc(-c2noc(COC(=O)c3ccc(Cl)cc3[N+](=O)[O-])n2)cc1. The van der Waals surface area contributed by atoms with Crippen molar-refractivity contribution >= 4 is 23.3 Å². The molecule has 0 saturated carbocycles. The van der Waals surface area contributed by atoms with Crippen LogP contribution in [0.2, 0.25) is 5.02 Å². The van der Waals surface area contributed by atoms with Crippen molar-refractivity contribution in [3.8, 4) is 11.4 Å². The van der Waals surface area contributed by atoms with Crippen LogP contribution in [0.1, 0.15) is 21.8 Å². The van der Waals surface area contributed by atoms with Gasteiger partial charge in [0.25, 0.3) is 11.6 Å². The molecule has 0 amide bonds. The highest BCUT2D eigenvalue weighted by atomic mass is 35.5. The summed E-state index contributed by atoms with van der Waals surface area (Å²) in [5.41, 5.74) is 1.20. The molecule has 0 aliphatic rings. The Balaban J connectivity index is 1.71. The molecule has 0 atom stereocenters. The van der Waals surface area contributed by atoms with Gasteiger partial charge in [0.05, 0.1) is 4.92 Å². The maximum atomic E-state index is 12.1. The van der Waals surface area contributed by atoms with E-state index in [1.807, 2.05) is 31.2 Å². The first-order valence-corrected chi connectivity index (χ1v) is 7.82. The number of nitro groups is 1. The molecular weight excluding hydrogens is 362 g/mol. The van der Waals surface area contributed by atoms with Crippen molar-refractivity contribution in [1.29, 1.82) is 0 Å². The molecule has 0 radical (unpaired) electrons. The fourth-order valence-corrected chi connectivity index (χ4v) is 2.33. The van der Waals surface area contributed by atoms with Crippen LogP contribution in [0.15, 0.2) is 47.0 Å². The molecule has 0 bridgehead atoms. The summed E-state index contributed by atoms with van der Waals surface area (Å²) in [6.07, 6.45) is 0. The van der Waals surface area contributed by atoms with Gasteiger partial charge >= 0.3 is 5.97 Å². The van der Waals surface area contributed by atoms with Crippen molar-refractivity contribution in [3.63, 3.8) is 0 Å². The number of nitro benzene ring substituents is 1.